The first-order valence-electron chi connectivity index (χ1n) is 12.8. The predicted octanol–water partition coefficient (Wildman–Crippen LogP) is 5.47. The Kier molecular flexibility index (Phi) is 7.92. The molecule has 3 aromatic rings. The lowest BCUT2D eigenvalue weighted by Crippen LogP contribution is -2.34. The van der Waals surface area contributed by atoms with Gasteiger partial charge in [-0.1, -0.05) is 0 Å². The summed E-state index contributed by atoms with van der Waals surface area (Å²) in [4.78, 5) is 29.7. The number of pyridine rings is 2. The molecule has 0 aliphatic carbocycles. The zero-order valence-corrected chi connectivity index (χ0v) is 22.8. The van der Waals surface area contributed by atoms with Gasteiger partial charge in [0.1, 0.15) is 5.69 Å². The van der Waals surface area contributed by atoms with Gasteiger partial charge < -0.3 is 15.4 Å². The first-order chi connectivity index (χ1) is 18.2. The average Bonchev–Trinajstić information content (AvgIpc) is 3.24. The van der Waals surface area contributed by atoms with E-state index in [1.807, 2.05) is 41.5 Å². The molecule has 4 rings (SSSR count). The fourth-order valence-electron chi connectivity index (χ4n) is 4.92. The van der Waals surface area contributed by atoms with E-state index in [1.165, 1.54) is 12.3 Å². The highest BCUT2D eigenvalue weighted by atomic mass is 19.4. The second-order valence-corrected chi connectivity index (χ2v) is 10.8. The molecule has 208 valence electrons. The van der Waals surface area contributed by atoms with Crippen LogP contribution in [0.2, 0.25) is 0 Å². The van der Waals surface area contributed by atoms with Crippen LogP contribution < -0.4 is 10.6 Å². The molecule has 1 amide bonds. The van der Waals surface area contributed by atoms with Gasteiger partial charge in [0, 0.05) is 36.6 Å². The van der Waals surface area contributed by atoms with Crippen molar-refractivity contribution in [2.45, 2.75) is 71.4 Å². The van der Waals surface area contributed by atoms with Crippen LogP contribution in [0.3, 0.4) is 0 Å². The number of nitrogens with zero attached hydrogens (tertiary/aromatic N) is 4. The van der Waals surface area contributed by atoms with Gasteiger partial charge >= 0.3 is 6.18 Å². The molecule has 39 heavy (non-hydrogen) atoms. The molecule has 0 spiro atoms. The van der Waals surface area contributed by atoms with Crippen LogP contribution in [-0.4, -0.2) is 44.1 Å². The molecular weight excluding hydrogens is 509 g/mol. The molecule has 0 bridgehead atoms. The fraction of sp³-hybridized carbons (Fsp3) is 0.464. The minimum Gasteiger partial charge on any atom is -0.373 e. The van der Waals surface area contributed by atoms with Crippen LogP contribution in [0.1, 0.15) is 69.2 Å². The van der Waals surface area contributed by atoms with Crippen molar-refractivity contribution in [3.8, 4) is 11.1 Å². The number of hydrogen-bond donors (Lipinski definition) is 2. The van der Waals surface area contributed by atoms with E-state index in [0.29, 0.717) is 35.0 Å². The third kappa shape index (κ3) is 6.70. The van der Waals surface area contributed by atoms with Crippen molar-refractivity contribution in [3.63, 3.8) is 0 Å². The Morgan fingerprint density at radius 1 is 1.05 bits per heavy atom. The summed E-state index contributed by atoms with van der Waals surface area (Å²) >= 11 is 0. The van der Waals surface area contributed by atoms with Crippen molar-refractivity contribution in [2.24, 2.45) is 5.92 Å². The van der Waals surface area contributed by atoms with Crippen molar-refractivity contribution in [1.82, 2.24) is 25.3 Å². The summed E-state index contributed by atoms with van der Waals surface area (Å²) in [6.45, 7) is 12.2. The Hall–Kier alpha value is -3.60. The molecule has 0 saturated carbocycles. The number of anilines is 1. The highest BCUT2D eigenvalue weighted by molar-refractivity contribution is 5.86. The van der Waals surface area contributed by atoms with E-state index in [0.717, 1.165) is 17.8 Å². The van der Waals surface area contributed by atoms with E-state index >= 15 is 0 Å². The summed E-state index contributed by atoms with van der Waals surface area (Å²) in [6.07, 6.45) is -0.404. The quantitative estimate of drug-likeness (QED) is 0.408. The number of amides is 1. The molecule has 4 heterocycles. The van der Waals surface area contributed by atoms with E-state index in [-0.39, 0.29) is 29.6 Å². The second-order valence-electron chi connectivity index (χ2n) is 10.8. The maximum atomic E-state index is 13.1. The molecule has 1 fully saturated rings. The second kappa shape index (κ2) is 10.9. The number of halogens is 3. The standard InChI is InChI=1S/C28H33F3N6O2/c1-15-11-19(18-7-9-32-22(12-18)28(29,30)31)13-34-24(15)16(2)36-26-33-10-8-21(37-26)23-20(14-35-25(23)38)17(3)39-27(4,5)6/h7-13,16-17,20,23H,14H2,1-6H3,(H,35,38)(H,33,36,37)/t16-,17+,20?,23+/m0/s1. The highest BCUT2D eigenvalue weighted by Gasteiger charge is 2.41. The Labute approximate surface area is 225 Å². The van der Waals surface area contributed by atoms with Gasteiger partial charge in [-0.25, -0.2) is 9.97 Å². The zero-order valence-electron chi connectivity index (χ0n) is 22.8. The van der Waals surface area contributed by atoms with Gasteiger partial charge in [-0.3, -0.25) is 14.8 Å². The number of aryl methyl sites for hydroxylation is 1. The number of carbonyl (C=O) groups is 1. The largest absolute Gasteiger partial charge is 0.433 e. The zero-order chi connectivity index (χ0) is 28.5. The lowest BCUT2D eigenvalue weighted by atomic mass is 9.88. The Balaban J connectivity index is 1.52. The molecule has 1 aliphatic heterocycles. The van der Waals surface area contributed by atoms with Gasteiger partial charge in [0.2, 0.25) is 11.9 Å². The summed E-state index contributed by atoms with van der Waals surface area (Å²) < 4.78 is 45.4. The van der Waals surface area contributed by atoms with Crippen LogP contribution in [0.4, 0.5) is 19.1 Å². The number of hydrogen-bond acceptors (Lipinski definition) is 7. The minimum atomic E-state index is -4.53. The van der Waals surface area contributed by atoms with E-state index in [2.05, 4.69) is 30.6 Å². The van der Waals surface area contributed by atoms with E-state index in [4.69, 9.17) is 4.74 Å². The number of aromatic nitrogens is 4. The summed E-state index contributed by atoms with van der Waals surface area (Å²) in [5.74, 6) is -0.307. The minimum absolute atomic E-state index is 0.0839. The molecule has 1 unspecified atom stereocenters. The molecule has 11 heteroatoms. The molecule has 1 saturated heterocycles. The molecule has 4 atom stereocenters. The third-order valence-electron chi connectivity index (χ3n) is 6.62. The van der Waals surface area contributed by atoms with Gasteiger partial charge in [-0.2, -0.15) is 13.2 Å². The van der Waals surface area contributed by atoms with Crippen LogP contribution in [0, 0.1) is 12.8 Å². The SMILES string of the molecule is Cc1cc(-c2ccnc(C(F)(F)F)c2)cnc1[C@H](C)Nc1nccc([C@@H]2C(=O)NCC2[C@@H](C)OC(C)(C)C)n1. The highest BCUT2D eigenvalue weighted by Crippen LogP contribution is 2.34. The molecule has 1 aliphatic rings. The lowest BCUT2D eigenvalue weighted by molar-refractivity contribution is -0.141. The van der Waals surface area contributed by atoms with Crippen LogP contribution in [0.25, 0.3) is 11.1 Å². The van der Waals surface area contributed by atoms with Crippen molar-refractivity contribution in [3.05, 3.63) is 65.5 Å². The average molecular weight is 543 g/mol. The van der Waals surface area contributed by atoms with Gasteiger partial charge in [0.15, 0.2) is 0 Å². The number of ether oxygens (including phenoxy) is 1. The number of carbonyl (C=O) groups excluding carboxylic acids is 1. The maximum absolute atomic E-state index is 13.1. The fourth-order valence-corrected chi connectivity index (χ4v) is 4.92. The number of alkyl halides is 3. The molecule has 3 aromatic heterocycles. The molecular formula is C28H33F3N6O2. The molecule has 2 N–H and O–H groups in total. The monoisotopic (exact) mass is 542 g/mol. The van der Waals surface area contributed by atoms with E-state index in [9.17, 15) is 18.0 Å². The number of rotatable bonds is 7. The summed E-state index contributed by atoms with van der Waals surface area (Å²) in [5.41, 5.74) is 1.72. The van der Waals surface area contributed by atoms with Crippen LogP contribution >= 0.6 is 0 Å². The molecule has 0 aromatic carbocycles. The first kappa shape index (κ1) is 28.4. The van der Waals surface area contributed by atoms with Crippen molar-refractivity contribution in [1.29, 1.82) is 0 Å². The first-order valence-corrected chi connectivity index (χ1v) is 12.8. The predicted molar refractivity (Wildman–Crippen MR) is 141 cm³/mol. The lowest BCUT2D eigenvalue weighted by Gasteiger charge is -2.30. The number of nitrogens with one attached hydrogen (secondary N) is 2. The Bertz CT molecular complexity index is 1340. The molecule has 0 radical (unpaired) electrons. The third-order valence-corrected chi connectivity index (χ3v) is 6.62. The maximum Gasteiger partial charge on any atom is 0.433 e. The van der Waals surface area contributed by atoms with Crippen molar-refractivity contribution in [2.75, 3.05) is 11.9 Å². The summed E-state index contributed by atoms with van der Waals surface area (Å²) in [5, 5.41) is 6.17. The van der Waals surface area contributed by atoms with Gasteiger partial charge in [0.05, 0.1) is 35.1 Å². The van der Waals surface area contributed by atoms with Gasteiger partial charge in [-0.15, -0.1) is 0 Å². The summed E-state index contributed by atoms with van der Waals surface area (Å²) in [7, 11) is 0. The van der Waals surface area contributed by atoms with Crippen LogP contribution in [-0.2, 0) is 15.7 Å². The Morgan fingerprint density at radius 2 is 1.77 bits per heavy atom. The Morgan fingerprint density at radius 3 is 2.44 bits per heavy atom. The topological polar surface area (TPSA) is 102 Å². The smallest absolute Gasteiger partial charge is 0.373 e. The summed E-state index contributed by atoms with van der Waals surface area (Å²) in [6, 6.07) is 5.75. The van der Waals surface area contributed by atoms with Gasteiger partial charge in [-0.05, 0) is 76.9 Å². The molecule has 8 nitrogen and oxygen atoms in total. The van der Waals surface area contributed by atoms with Crippen LogP contribution in [0.5, 0.6) is 0 Å². The van der Waals surface area contributed by atoms with Gasteiger partial charge in [0.25, 0.3) is 0 Å². The van der Waals surface area contributed by atoms with Crippen molar-refractivity contribution >= 4 is 11.9 Å². The normalized spacial score (nSPS) is 19.5. The van der Waals surface area contributed by atoms with E-state index in [1.54, 1.807) is 18.3 Å². The van der Waals surface area contributed by atoms with E-state index < -0.39 is 17.8 Å². The van der Waals surface area contributed by atoms with Crippen LogP contribution in [0.15, 0.2) is 42.9 Å². The van der Waals surface area contributed by atoms with Crippen molar-refractivity contribution < 1.29 is 22.7 Å².